The summed E-state index contributed by atoms with van der Waals surface area (Å²) in [7, 11) is -1.90. The van der Waals surface area contributed by atoms with E-state index in [4.69, 9.17) is 44.0 Å². The normalized spacial score (nSPS) is 11.2. The number of halogens is 3. The molecule has 0 spiro atoms. The van der Waals surface area contributed by atoms with Crippen LogP contribution in [-0.2, 0) is 9.22 Å². The van der Waals surface area contributed by atoms with Crippen LogP contribution in [0.15, 0.2) is 12.1 Å². The summed E-state index contributed by atoms with van der Waals surface area (Å²) in [6, 6.07) is 2.93. The highest BCUT2D eigenvalue weighted by atomic mass is 35.5. The smallest absolute Gasteiger partial charge is 0.330 e. The number of hydrogen-bond donors (Lipinski definition) is 0. The first-order valence-electron chi connectivity index (χ1n) is 5.18. The zero-order valence-electron chi connectivity index (χ0n) is 10.2. The van der Waals surface area contributed by atoms with Gasteiger partial charge in [0.2, 0.25) is 8.32 Å². The molecule has 100 valence electrons. The van der Waals surface area contributed by atoms with Crippen LogP contribution in [0.25, 0.3) is 0 Å². The molecule has 0 bridgehead atoms. The van der Waals surface area contributed by atoms with Crippen LogP contribution in [0.3, 0.4) is 0 Å². The summed E-state index contributed by atoms with van der Waals surface area (Å²) in [4.78, 5) is 11.5. The third-order valence-corrected chi connectivity index (χ3v) is 3.60. The molecular formula is C11H13Cl3O3Si. The van der Waals surface area contributed by atoms with Gasteiger partial charge in [0.1, 0.15) is 5.75 Å². The minimum Gasteiger partial charge on any atom is -0.517 e. The zero-order chi connectivity index (χ0) is 13.9. The molecule has 18 heavy (non-hydrogen) atoms. The second-order valence-corrected chi connectivity index (χ2v) is 10.2. The monoisotopic (exact) mass is 326 g/mol. The van der Waals surface area contributed by atoms with Gasteiger partial charge in [0.15, 0.2) is 6.61 Å². The van der Waals surface area contributed by atoms with E-state index in [0.29, 0.717) is 20.8 Å². The van der Waals surface area contributed by atoms with Crippen molar-refractivity contribution in [1.29, 1.82) is 0 Å². The van der Waals surface area contributed by atoms with Crippen molar-refractivity contribution in [3.63, 3.8) is 0 Å². The average molecular weight is 328 g/mol. The number of ether oxygens (including phenoxy) is 1. The summed E-state index contributed by atoms with van der Waals surface area (Å²) < 4.78 is 10.5. The number of benzene rings is 1. The van der Waals surface area contributed by atoms with Gasteiger partial charge in [-0.15, -0.1) is 0 Å². The highest BCUT2D eigenvalue weighted by molar-refractivity contribution is 6.71. The van der Waals surface area contributed by atoms with Gasteiger partial charge < -0.3 is 9.16 Å². The number of carbonyl (C=O) groups excluding carboxylic acids is 1. The lowest BCUT2D eigenvalue weighted by Crippen LogP contribution is -2.31. The van der Waals surface area contributed by atoms with E-state index in [1.54, 1.807) is 0 Å². The van der Waals surface area contributed by atoms with Crippen molar-refractivity contribution < 1.29 is 14.0 Å². The SMILES string of the molecule is C[Si](C)(C)OC(=O)COc1cc(Cl)c(Cl)cc1Cl. The Balaban J connectivity index is 2.64. The molecule has 0 atom stereocenters. The van der Waals surface area contributed by atoms with Gasteiger partial charge >= 0.3 is 5.97 Å². The molecule has 0 amide bonds. The summed E-state index contributed by atoms with van der Waals surface area (Å²) in [6.45, 7) is 5.53. The fraction of sp³-hybridized carbons (Fsp3) is 0.364. The second-order valence-electron chi connectivity index (χ2n) is 4.57. The highest BCUT2D eigenvalue weighted by Gasteiger charge is 2.20. The molecule has 0 aliphatic heterocycles. The standard InChI is InChI=1S/C11H13Cl3O3Si/c1-18(2,3)17-11(15)6-16-10-5-8(13)7(12)4-9(10)14/h4-5H,6H2,1-3H3. The van der Waals surface area contributed by atoms with E-state index >= 15 is 0 Å². The van der Waals surface area contributed by atoms with E-state index in [-0.39, 0.29) is 6.61 Å². The van der Waals surface area contributed by atoms with Crippen LogP contribution in [0.4, 0.5) is 0 Å². The summed E-state index contributed by atoms with van der Waals surface area (Å²) in [5.41, 5.74) is 0. The lowest BCUT2D eigenvalue weighted by molar-refractivity contribution is -0.137. The van der Waals surface area contributed by atoms with Gasteiger partial charge in [0.25, 0.3) is 0 Å². The molecule has 0 aliphatic carbocycles. The number of rotatable bonds is 4. The van der Waals surface area contributed by atoms with Crippen molar-refractivity contribution in [2.24, 2.45) is 0 Å². The Kier molecular flexibility index (Phi) is 5.34. The van der Waals surface area contributed by atoms with Crippen molar-refractivity contribution in [3.8, 4) is 5.75 Å². The molecule has 0 saturated heterocycles. The Morgan fingerprint density at radius 1 is 1.11 bits per heavy atom. The molecule has 3 nitrogen and oxygen atoms in total. The lowest BCUT2D eigenvalue weighted by atomic mass is 10.3. The average Bonchev–Trinajstić information content (AvgIpc) is 2.19. The third-order valence-electron chi connectivity index (χ3n) is 1.74. The van der Waals surface area contributed by atoms with E-state index in [2.05, 4.69) is 0 Å². The van der Waals surface area contributed by atoms with E-state index in [0.717, 1.165) is 0 Å². The lowest BCUT2D eigenvalue weighted by Gasteiger charge is -2.17. The van der Waals surface area contributed by atoms with Crippen LogP contribution in [0.1, 0.15) is 0 Å². The quantitative estimate of drug-likeness (QED) is 0.607. The Hall–Kier alpha value is -0.423. The van der Waals surface area contributed by atoms with Gasteiger partial charge in [-0.05, 0) is 25.7 Å². The molecule has 1 aromatic carbocycles. The van der Waals surface area contributed by atoms with E-state index in [9.17, 15) is 4.79 Å². The van der Waals surface area contributed by atoms with Crippen LogP contribution in [0, 0.1) is 0 Å². The summed E-state index contributed by atoms with van der Waals surface area (Å²) in [6.07, 6.45) is 0. The van der Waals surface area contributed by atoms with Gasteiger partial charge in [-0.25, -0.2) is 4.79 Å². The Labute approximate surface area is 122 Å². The molecule has 0 fully saturated rings. The Morgan fingerprint density at radius 3 is 2.22 bits per heavy atom. The molecule has 0 aliphatic rings. The predicted octanol–water partition coefficient (Wildman–Crippen LogP) is 4.40. The molecule has 0 saturated carbocycles. The Morgan fingerprint density at radius 2 is 1.67 bits per heavy atom. The maximum Gasteiger partial charge on any atom is 0.330 e. The van der Waals surface area contributed by atoms with Crippen LogP contribution in [0.5, 0.6) is 5.75 Å². The van der Waals surface area contributed by atoms with Crippen molar-refractivity contribution in [2.45, 2.75) is 19.6 Å². The topological polar surface area (TPSA) is 35.5 Å². The zero-order valence-corrected chi connectivity index (χ0v) is 13.5. The highest BCUT2D eigenvalue weighted by Crippen LogP contribution is 2.33. The maximum absolute atomic E-state index is 11.5. The van der Waals surface area contributed by atoms with Crippen molar-refractivity contribution in [1.82, 2.24) is 0 Å². The third kappa shape index (κ3) is 5.06. The van der Waals surface area contributed by atoms with Gasteiger partial charge in [-0.2, -0.15) is 0 Å². The maximum atomic E-state index is 11.5. The largest absolute Gasteiger partial charge is 0.517 e. The fourth-order valence-electron chi connectivity index (χ4n) is 1.12. The molecule has 0 heterocycles. The van der Waals surface area contributed by atoms with Crippen molar-refractivity contribution >= 4 is 49.1 Å². The van der Waals surface area contributed by atoms with Gasteiger partial charge in [-0.1, -0.05) is 34.8 Å². The number of hydrogen-bond acceptors (Lipinski definition) is 3. The van der Waals surface area contributed by atoms with E-state index in [1.807, 2.05) is 19.6 Å². The second kappa shape index (κ2) is 6.15. The van der Waals surface area contributed by atoms with Crippen LogP contribution in [-0.4, -0.2) is 20.9 Å². The minimum atomic E-state index is -1.90. The van der Waals surface area contributed by atoms with Gasteiger partial charge in [0.05, 0.1) is 15.1 Å². The molecule has 0 radical (unpaired) electrons. The van der Waals surface area contributed by atoms with Crippen molar-refractivity contribution in [3.05, 3.63) is 27.2 Å². The molecule has 1 rings (SSSR count). The molecular weight excluding hydrogens is 315 g/mol. The predicted molar refractivity (Wildman–Crippen MR) is 76.4 cm³/mol. The van der Waals surface area contributed by atoms with Crippen LogP contribution < -0.4 is 4.74 Å². The van der Waals surface area contributed by atoms with Crippen LogP contribution >= 0.6 is 34.8 Å². The summed E-state index contributed by atoms with van der Waals surface area (Å²) in [5, 5.41) is 0.943. The van der Waals surface area contributed by atoms with E-state index < -0.39 is 14.3 Å². The van der Waals surface area contributed by atoms with E-state index in [1.165, 1.54) is 12.1 Å². The summed E-state index contributed by atoms with van der Waals surface area (Å²) >= 11 is 17.5. The molecule has 0 aromatic heterocycles. The minimum absolute atomic E-state index is 0.206. The van der Waals surface area contributed by atoms with Gasteiger partial charge in [0, 0.05) is 6.07 Å². The van der Waals surface area contributed by atoms with Gasteiger partial charge in [-0.3, -0.25) is 0 Å². The fourth-order valence-corrected chi connectivity index (χ4v) is 2.46. The first kappa shape index (κ1) is 15.6. The first-order chi connectivity index (χ1) is 8.19. The first-order valence-corrected chi connectivity index (χ1v) is 9.72. The van der Waals surface area contributed by atoms with Crippen molar-refractivity contribution in [2.75, 3.05) is 6.61 Å². The molecule has 0 unspecified atom stereocenters. The molecule has 7 heteroatoms. The van der Waals surface area contributed by atoms with Crippen LogP contribution in [0.2, 0.25) is 34.7 Å². The molecule has 1 aromatic rings. The Bertz CT molecular complexity index is 458. The number of carbonyl (C=O) groups is 1. The molecule has 0 N–H and O–H groups in total. The summed E-state index contributed by atoms with van der Waals surface area (Å²) in [5.74, 6) is -0.116.